The molecule has 0 aliphatic carbocycles. The lowest BCUT2D eigenvalue weighted by Crippen LogP contribution is -2.42. The molecule has 0 fully saturated rings. The van der Waals surface area contributed by atoms with E-state index in [0.717, 1.165) is 5.56 Å². The Labute approximate surface area is 139 Å². The van der Waals surface area contributed by atoms with Gasteiger partial charge in [-0.25, -0.2) is 0 Å². The first-order valence-corrected chi connectivity index (χ1v) is 8.36. The molecule has 0 saturated heterocycles. The summed E-state index contributed by atoms with van der Waals surface area (Å²) in [4.78, 5) is 24.3. The second-order valence-electron chi connectivity index (χ2n) is 6.85. The van der Waals surface area contributed by atoms with Gasteiger partial charge in [-0.1, -0.05) is 39.8 Å². The van der Waals surface area contributed by atoms with Crippen molar-refractivity contribution in [1.82, 2.24) is 5.32 Å². The largest absolute Gasteiger partial charge is 0.508 e. The van der Waals surface area contributed by atoms with Gasteiger partial charge < -0.3 is 10.4 Å². The Morgan fingerprint density at radius 2 is 1.65 bits per heavy atom. The Hall–Kier alpha value is -1.68. The summed E-state index contributed by atoms with van der Waals surface area (Å²) in [6.45, 7) is 8.02. The Bertz CT molecular complexity index is 506. The number of carbonyl (C=O) groups excluding carboxylic acids is 2. The third-order valence-electron chi connectivity index (χ3n) is 3.59. The van der Waals surface area contributed by atoms with Gasteiger partial charge in [0.2, 0.25) is 0 Å². The fourth-order valence-electron chi connectivity index (χ4n) is 2.53. The topological polar surface area (TPSA) is 66.4 Å². The molecule has 128 valence electrons. The summed E-state index contributed by atoms with van der Waals surface area (Å²) in [5, 5.41) is 12.6. The van der Waals surface area contributed by atoms with E-state index in [0.29, 0.717) is 25.2 Å². The van der Waals surface area contributed by atoms with E-state index in [4.69, 9.17) is 0 Å². The van der Waals surface area contributed by atoms with Crippen molar-refractivity contribution < 1.29 is 14.7 Å². The van der Waals surface area contributed by atoms with Crippen LogP contribution in [0.4, 0.5) is 0 Å². The van der Waals surface area contributed by atoms with E-state index in [9.17, 15) is 14.7 Å². The molecule has 0 bridgehead atoms. The normalized spacial score (nSPS) is 12.6. The van der Waals surface area contributed by atoms with Crippen LogP contribution in [0.3, 0.4) is 0 Å². The number of phenolic OH excluding ortho intramolecular Hbond substituents is 1. The highest BCUT2D eigenvalue weighted by atomic mass is 16.3. The number of hydrogen-bond acceptors (Lipinski definition) is 4. The van der Waals surface area contributed by atoms with E-state index in [-0.39, 0.29) is 35.8 Å². The molecule has 0 saturated carbocycles. The quantitative estimate of drug-likeness (QED) is 0.694. The van der Waals surface area contributed by atoms with Crippen LogP contribution in [0.1, 0.15) is 52.5 Å². The lowest BCUT2D eigenvalue weighted by molar-refractivity contribution is -0.125. The van der Waals surface area contributed by atoms with E-state index >= 15 is 0 Å². The lowest BCUT2D eigenvalue weighted by atomic mass is 9.96. The Kier molecular flexibility index (Phi) is 7.96. The zero-order valence-corrected chi connectivity index (χ0v) is 14.6. The molecule has 1 rings (SSSR count). The minimum atomic E-state index is -0.300. The fourth-order valence-corrected chi connectivity index (χ4v) is 2.53. The first-order valence-electron chi connectivity index (χ1n) is 8.36. The van der Waals surface area contributed by atoms with Crippen LogP contribution in [0.5, 0.6) is 5.75 Å². The zero-order valence-electron chi connectivity index (χ0n) is 14.6. The van der Waals surface area contributed by atoms with Gasteiger partial charge in [-0.2, -0.15) is 0 Å². The summed E-state index contributed by atoms with van der Waals surface area (Å²) < 4.78 is 0. The van der Waals surface area contributed by atoms with Gasteiger partial charge in [0.1, 0.15) is 11.5 Å². The molecule has 1 aromatic rings. The van der Waals surface area contributed by atoms with E-state index in [2.05, 4.69) is 5.32 Å². The number of ketones is 2. The molecule has 0 spiro atoms. The first kappa shape index (κ1) is 19.4. The van der Waals surface area contributed by atoms with Crippen molar-refractivity contribution in [2.45, 2.75) is 65.5 Å². The van der Waals surface area contributed by atoms with Gasteiger partial charge in [-0.3, -0.25) is 9.59 Å². The molecule has 0 amide bonds. The molecule has 0 aliphatic heterocycles. The van der Waals surface area contributed by atoms with Crippen LogP contribution in [-0.2, 0) is 16.0 Å². The van der Waals surface area contributed by atoms with Crippen LogP contribution < -0.4 is 5.32 Å². The molecule has 0 radical (unpaired) electrons. The number of Topliss-reactive ketones (excluding diaryl/α,β-unsaturated/α-hetero) is 2. The number of carbonyl (C=O) groups is 2. The monoisotopic (exact) mass is 319 g/mol. The molecule has 23 heavy (non-hydrogen) atoms. The zero-order chi connectivity index (χ0) is 17.4. The minimum absolute atomic E-state index is 0.0730. The van der Waals surface area contributed by atoms with Crippen LogP contribution in [0.25, 0.3) is 0 Å². The highest BCUT2D eigenvalue weighted by molar-refractivity contribution is 5.89. The van der Waals surface area contributed by atoms with Crippen molar-refractivity contribution in [3.63, 3.8) is 0 Å². The smallest absolute Gasteiger partial charge is 0.150 e. The van der Waals surface area contributed by atoms with Gasteiger partial charge in [0.25, 0.3) is 0 Å². The lowest BCUT2D eigenvalue weighted by Gasteiger charge is -2.20. The third-order valence-corrected chi connectivity index (χ3v) is 3.59. The summed E-state index contributed by atoms with van der Waals surface area (Å²) >= 11 is 0. The molecule has 0 heterocycles. The van der Waals surface area contributed by atoms with Gasteiger partial charge in [-0.05, 0) is 30.0 Å². The Balaban J connectivity index is 2.63. The van der Waals surface area contributed by atoms with Crippen LogP contribution in [0.15, 0.2) is 24.3 Å². The predicted molar refractivity (Wildman–Crippen MR) is 92.6 cm³/mol. The number of nitrogens with one attached hydrogen (secondary N) is 1. The highest BCUT2D eigenvalue weighted by Gasteiger charge is 2.20. The average Bonchev–Trinajstić information content (AvgIpc) is 2.45. The number of hydrogen-bond donors (Lipinski definition) is 2. The fraction of sp³-hybridized carbons (Fsp3) is 0.579. The van der Waals surface area contributed by atoms with Crippen molar-refractivity contribution in [2.24, 2.45) is 5.92 Å². The molecule has 2 N–H and O–H groups in total. The average molecular weight is 319 g/mol. The van der Waals surface area contributed by atoms with Gasteiger partial charge in [0, 0.05) is 25.3 Å². The highest BCUT2D eigenvalue weighted by Crippen LogP contribution is 2.13. The summed E-state index contributed by atoms with van der Waals surface area (Å²) in [5.41, 5.74) is 0.989. The van der Waals surface area contributed by atoms with Crippen LogP contribution in [0.2, 0.25) is 0 Å². The van der Waals surface area contributed by atoms with Gasteiger partial charge in [0.15, 0.2) is 5.78 Å². The molecule has 0 unspecified atom stereocenters. The van der Waals surface area contributed by atoms with Gasteiger partial charge in [-0.15, -0.1) is 0 Å². The van der Waals surface area contributed by atoms with Crippen LogP contribution in [0, 0.1) is 5.92 Å². The van der Waals surface area contributed by atoms with Gasteiger partial charge >= 0.3 is 0 Å². The van der Waals surface area contributed by atoms with Crippen molar-refractivity contribution in [1.29, 1.82) is 0 Å². The van der Waals surface area contributed by atoms with Crippen molar-refractivity contribution in [2.75, 3.05) is 0 Å². The summed E-state index contributed by atoms with van der Waals surface area (Å²) in [7, 11) is 0. The standard InChI is InChI=1S/C19H29NO3/c1-13(2)11-17(22)9-10-19(23)18(20-14(3)4)12-15-5-7-16(21)8-6-15/h5-8,13-14,18,20-21H,9-12H2,1-4H3/t18-/m0/s1. The summed E-state index contributed by atoms with van der Waals surface area (Å²) in [6.07, 6.45) is 1.71. The maximum atomic E-state index is 12.5. The molecule has 4 heteroatoms. The van der Waals surface area contributed by atoms with Crippen molar-refractivity contribution in [3.05, 3.63) is 29.8 Å². The van der Waals surface area contributed by atoms with Crippen LogP contribution in [-0.4, -0.2) is 28.8 Å². The molecular formula is C19H29NO3. The molecule has 1 aromatic carbocycles. The first-order chi connectivity index (χ1) is 10.8. The molecule has 4 nitrogen and oxygen atoms in total. The van der Waals surface area contributed by atoms with E-state index in [1.165, 1.54) is 0 Å². The molecule has 0 aromatic heterocycles. The van der Waals surface area contributed by atoms with E-state index in [1.54, 1.807) is 12.1 Å². The number of phenols is 1. The number of rotatable bonds is 10. The number of aromatic hydroxyl groups is 1. The van der Waals surface area contributed by atoms with Crippen molar-refractivity contribution in [3.8, 4) is 5.75 Å². The second-order valence-corrected chi connectivity index (χ2v) is 6.85. The Morgan fingerprint density at radius 1 is 1.04 bits per heavy atom. The summed E-state index contributed by atoms with van der Waals surface area (Å²) in [6, 6.07) is 6.78. The second kappa shape index (κ2) is 9.46. The van der Waals surface area contributed by atoms with Crippen LogP contribution >= 0.6 is 0 Å². The van der Waals surface area contributed by atoms with E-state index < -0.39 is 0 Å². The predicted octanol–water partition coefficient (Wildman–Crippen LogP) is 3.27. The maximum absolute atomic E-state index is 12.5. The van der Waals surface area contributed by atoms with Crippen molar-refractivity contribution >= 4 is 11.6 Å². The van der Waals surface area contributed by atoms with Gasteiger partial charge in [0.05, 0.1) is 6.04 Å². The summed E-state index contributed by atoms with van der Waals surface area (Å²) in [5.74, 6) is 0.775. The molecular weight excluding hydrogens is 290 g/mol. The molecule has 0 aliphatic rings. The SMILES string of the molecule is CC(C)CC(=O)CCC(=O)[C@H](Cc1ccc(O)cc1)NC(C)C. The maximum Gasteiger partial charge on any atom is 0.150 e. The third kappa shape index (κ3) is 7.93. The molecule has 1 atom stereocenters. The van der Waals surface area contributed by atoms with E-state index in [1.807, 2.05) is 39.8 Å². The minimum Gasteiger partial charge on any atom is -0.508 e. The Morgan fingerprint density at radius 3 is 2.17 bits per heavy atom. The number of benzene rings is 1.